The van der Waals surface area contributed by atoms with Crippen LogP contribution in [0.5, 0.6) is 0 Å². The Balaban J connectivity index is 1.44. The van der Waals surface area contributed by atoms with Gasteiger partial charge in [0.1, 0.15) is 0 Å². The van der Waals surface area contributed by atoms with E-state index in [0.717, 1.165) is 5.56 Å². The lowest BCUT2D eigenvalue weighted by molar-refractivity contribution is -0.121. The van der Waals surface area contributed by atoms with E-state index in [1.54, 1.807) is 41.0 Å². The number of carbonyl (C=O) groups excluding carboxylic acids is 2. The fourth-order valence-corrected chi connectivity index (χ4v) is 4.74. The van der Waals surface area contributed by atoms with Gasteiger partial charge in [0.2, 0.25) is 5.91 Å². The van der Waals surface area contributed by atoms with E-state index in [9.17, 15) is 14.4 Å². The molecule has 8 heteroatoms. The summed E-state index contributed by atoms with van der Waals surface area (Å²) in [6.07, 6.45) is 0.700. The zero-order chi connectivity index (χ0) is 24.6. The summed E-state index contributed by atoms with van der Waals surface area (Å²) in [5, 5.41) is 4.45. The van der Waals surface area contributed by atoms with Crippen molar-refractivity contribution in [1.29, 1.82) is 0 Å². The standard InChI is InChI=1S/C27H24ClN3O3S/c28-22-13-6-4-11-20(22)17-29-25(33)15-8-16-31-26(34)21-12-5-7-14-23(21)30-27(31)35-18-24(32)19-9-2-1-3-10-19/h1-7,9-14H,8,15-18H2,(H,29,33). The molecule has 3 aromatic carbocycles. The minimum atomic E-state index is -0.179. The first-order valence-corrected chi connectivity index (χ1v) is 12.6. The first kappa shape index (κ1) is 24.7. The van der Waals surface area contributed by atoms with Crippen LogP contribution >= 0.6 is 23.4 Å². The van der Waals surface area contributed by atoms with Crippen molar-refractivity contribution >= 4 is 46.0 Å². The molecule has 0 fully saturated rings. The summed E-state index contributed by atoms with van der Waals surface area (Å²) in [6, 6.07) is 23.5. The smallest absolute Gasteiger partial charge is 0.262 e. The van der Waals surface area contributed by atoms with Crippen LogP contribution in [-0.2, 0) is 17.9 Å². The van der Waals surface area contributed by atoms with Crippen LogP contribution in [0.3, 0.4) is 0 Å². The summed E-state index contributed by atoms with van der Waals surface area (Å²) >= 11 is 7.38. The molecule has 1 heterocycles. The van der Waals surface area contributed by atoms with Gasteiger partial charge in [-0.15, -0.1) is 0 Å². The van der Waals surface area contributed by atoms with E-state index >= 15 is 0 Å². The Labute approximate surface area is 212 Å². The summed E-state index contributed by atoms with van der Waals surface area (Å²) in [5.41, 5.74) is 1.87. The fourth-order valence-electron chi connectivity index (χ4n) is 3.61. The monoisotopic (exact) mass is 505 g/mol. The van der Waals surface area contributed by atoms with E-state index in [0.29, 0.717) is 46.2 Å². The van der Waals surface area contributed by atoms with E-state index in [1.807, 2.05) is 42.5 Å². The Kier molecular flexibility index (Phi) is 8.34. The summed E-state index contributed by atoms with van der Waals surface area (Å²) in [6.45, 7) is 0.663. The molecule has 4 aromatic rings. The second kappa shape index (κ2) is 11.8. The van der Waals surface area contributed by atoms with Crippen LogP contribution in [0, 0.1) is 0 Å². The van der Waals surface area contributed by atoms with Crippen LogP contribution < -0.4 is 10.9 Å². The number of rotatable bonds is 10. The summed E-state index contributed by atoms with van der Waals surface area (Å²) in [7, 11) is 0. The molecule has 0 aliphatic heterocycles. The second-order valence-electron chi connectivity index (χ2n) is 7.92. The first-order chi connectivity index (χ1) is 17.0. The predicted octanol–water partition coefficient (Wildman–Crippen LogP) is 5.12. The average Bonchev–Trinajstić information content (AvgIpc) is 2.88. The molecular formula is C27H24ClN3O3S. The topological polar surface area (TPSA) is 81.1 Å². The van der Waals surface area contributed by atoms with Crippen LogP contribution in [0.25, 0.3) is 10.9 Å². The molecule has 4 rings (SSSR count). The molecule has 178 valence electrons. The highest BCUT2D eigenvalue weighted by Gasteiger charge is 2.14. The lowest BCUT2D eigenvalue weighted by Gasteiger charge is -2.13. The summed E-state index contributed by atoms with van der Waals surface area (Å²) < 4.78 is 1.56. The lowest BCUT2D eigenvalue weighted by atomic mass is 10.2. The molecular weight excluding hydrogens is 482 g/mol. The zero-order valence-electron chi connectivity index (χ0n) is 18.9. The van der Waals surface area contributed by atoms with Crippen molar-refractivity contribution in [3.05, 3.63) is 105 Å². The number of hydrogen-bond acceptors (Lipinski definition) is 5. The first-order valence-electron chi connectivity index (χ1n) is 11.2. The van der Waals surface area contributed by atoms with E-state index in [4.69, 9.17) is 11.6 Å². The van der Waals surface area contributed by atoms with Crippen LogP contribution in [-0.4, -0.2) is 27.0 Å². The van der Waals surface area contributed by atoms with Crippen LogP contribution in [0.4, 0.5) is 0 Å². The molecule has 0 aliphatic carbocycles. The number of nitrogens with one attached hydrogen (secondary N) is 1. The minimum absolute atomic E-state index is 0.0384. The highest BCUT2D eigenvalue weighted by atomic mass is 35.5. The number of fused-ring (bicyclic) bond motifs is 1. The number of amides is 1. The van der Waals surface area contributed by atoms with Gasteiger partial charge in [-0.3, -0.25) is 19.0 Å². The number of Topliss-reactive ketones (excluding diaryl/α,β-unsaturated/α-hetero) is 1. The van der Waals surface area contributed by atoms with Gasteiger partial charge in [0.15, 0.2) is 10.9 Å². The maximum atomic E-state index is 13.2. The van der Waals surface area contributed by atoms with Crippen molar-refractivity contribution in [2.45, 2.75) is 31.1 Å². The molecule has 0 saturated carbocycles. The van der Waals surface area contributed by atoms with Gasteiger partial charge < -0.3 is 5.32 Å². The third-order valence-corrected chi connectivity index (χ3v) is 6.82. The molecule has 0 saturated heterocycles. The lowest BCUT2D eigenvalue weighted by Crippen LogP contribution is -2.26. The van der Waals surface area contributed by atoms with Crippen LogP contribution in [0.2, 0.25) is 5.02 Å². The molecule has 0 aliphatic rings. The largest absolute Gasteiger partial charge is 0.352 e. The van der Waals surface area contributed by atoms with Gasteiger partial charge in [0, 0.05) is 30.1 Å². The van der Waals surface area contributed by atoms with Crippen molar-refractivity contribution in [1.82, 2.24) is 14.9 Å². The van der Waals surface area contributed by atoms with E-state index < -0.39 is 0 Å². The maximum absolute atomic E-state index is 13.2. The van der Waals surface area contributed by atoms with Gasteiger partial charge >= 0.3 is 0 Å². The van der Waals surface area contributed by atoms with Crippen LogP contribution in [0.1, 0.15) is 28.8 Å². The number of carbonyl (C=O) groups is 2. The maximum Gasteiger partial charge on any atom is 0.262 e. The number of halogens is 1. The summed E-state index contributed by atoms with van der Waals surface area (Å²) in [4.78, 5) is 42.8. The quantitative estimate of drug-likeness (QED) is 0.184. The predicted molar refractivity (Wildman–Crippen MR) is 140 cm³/mol. The van der Waals surface area contributed by atoms with Crippen molar-refractivity contribution < 1.29 is 9.59 Å². The van der Waals surface area contributed by atoms with Gasteiger partial charge in [-0.05, 0) is 30.2 Å². The number of hydrogen-bond donors (Lipinski definition) is 1. The molecule has 1 N–H and O–H groups in total. The second-order valence-corrected chi connectivity index (χ2v) is 9.27. The Morgan fingerprint density at radius 3 is 2.46 bits per heavy atom. The highest BCUT2D eigenvalue weighted by Crippen LogP contribution is 2.20. The number of aromatic nitrogens is 2. The minimum Gasteiger partial charge on any atom is -0.352 e. The SMILES string of the molecule is O=C(CCCn1c(SCC(=O)c2ccccc2)nc2ccccc2c1=O)NCc1ccccc1Cl. The normalized spacial score (nSPS) is 10.9. The number of nitrogens with zero attached hydrogens (tertiary/aromatic N) is 2. The summed E-state index contributed by atoms with van der Waals surface area (Å²) in [5.74, 6) is -0.00342. The number of benzene rings is 3. The third kappa shape index (κ3) is 6.38. The highest BCUT2D eigenvalue weighted by molar-refractivity contribution is 7.99. The molecule has 0 bridgehead atoms. The molecule has 0 atom stereocenters. The fraction of sp³-hybridized carbons (Fsp3) is 0.185. The van der Waals surface area contributed by atoms with Crippen molar-refractivity contribution in [2.75, 3.05) is 5.75 Å². The molecule has 1 aromatic heterocycles. The zero-order valence-corrected chi connectivity index (χ0v) is 20.5. The Morgan fingerprint density at radius 1 is 0.943 bits per heavy atom. The van der Waals surface area contributed by atoms with Gasteiger partial charge in [-0.2, -0.15) is 0 Å². The Morgan fingerprint density at radius 2 is 1.66 bits per heavy atom. The van der Waals surface area contributed by atoms with Crippen molar-refractivity contribution in [3.63, 3.8) is 0 Å². The molecule has 0 spiro atoms. The number of para-hydroxylation sites is 1. The van der Waals surface area contributed by atoms with Crippen molar-refractivity contribution in [3.8, 4) is 0 Å². The molecule has 0 unspecified atom stereocenters. The molecule has 35 heavy (non-hydrogen) atoms. The van der Waals surface area contributed by atoms with Crippen molar-refractivity contribution in [2.24, 2.45) is 0 Å². The number of thioether (sulfide) groups is 1. The molecule has 6 nitrogen and oxygen atoms in total. The van der Waals surface area contributed by atoms with Gasteiger partial charge in [-0.1, -0.05) is 84.0 Å². The van der Waals surface area contributed by atoms with Gasteiger partial charge in [0.25, 0.3) is 5.56 Å². The third-order valence-electron chi connectivity index (χ3n) is 5.47. The average molecular weight is 506 g/mol. The van der Waals surface area contributed by atoms with Gasteiger partial charge in [-0.25, -0.2) is 4.98 Å². The van der Waals surface area contributed by atoms with E-state index in [-0.39, 0.29) is 29.4 Å². The Hall–Kier alpha value is -3.42. The number of ketones is 1. The van der Waals surface area contributed by atoms with Crippen LogP contribution in [0.15, 0.2) is 88.8 Å². The Bertz CT molecular complexity index is 1410. The molecule has 0 radical (unpaired) electrons. The van der Waals surface area contributed by atoms with Gasteiger partial charge in [0.05, 0.1) is 16.7 Å². The van der Waals surface area contributed by atoms with E-state index in [1.165, 1.54) is 11.8 Å². The molecule has 1 amide bonds. The van der Waals surface area contributed by atoms with E-state index in [2.05, 4.69) is 10.3 Å².